The molecule has 0 bridgehead atoms. The van der Waals surface area contributed by atoms with Crippen LogP contribution in [0.2, 0.25) is 0 Å². The molecule has 2 heterocycles. The van der Waals surface area contributed by atoms with Crippen LogP contribution in [-0.4, -0.2) is 34.3 Å². The monoisotopic (exact) mass is 266 g/mol. The van der Waals surface area contributed by atoms with Crippen molar-refractivity contribution in [1.29, 1.82) is 0 Å². The van der Waals surface area contributed by atoms with Crippen molar-refractivity contribution in [3.63, 3.8) is 0 Å². The Balaban J connectivity index is 2.16. The highest BCUT2D eigenvalue weighted by molar-refractivity contribution is 5.51. The van der Waals surface area contributed by atoms with Crippen molar-refractivity contribution in [2.24, 2.45) is 0 Å². The number of hydrogen-bond acceptors (Lipinski definition) is 6. The maximum Gasteiger partial charge on any atom is 0.222 e. The van der Waals surface area contributed by atoms with Gasteiger partial charge in [-0.05, 0) is 6.42 Å². The molecule has 1 aliphatic heterocycles. The van der Waals surface area contributed by atoms with Crippen molar-refractivity contribution in [2.75, 3.05) is 24.3 Å². The molecule has 1 atom stereocenters. The van der Waals surface area contributed by atoms with E-state index in [0.717, 1.165) is 42.8 Å². The first-order valence-corrected chi connectivity index (χ1v) is 6.85. The number of hydrogen-bond donors (Lipinski definition) is 3. The lowest BCUT2D eigenvalue weighted by molar-refractivity contribution is 0.107. The SMILES string of the molecule is CCCCC(CO)Nc1nc(N)nc2c1CCOC2. The number of anilines is 2. The van der Waals surface area contributed by atoms with E-state index < -0.39 is 0 Å². The minimum Gasteiger partial charge on any atom is -0.394 e. The van der Waals surface area contributed by atoms with Gasteiger partial charge in [0.25, 0.3) is 0 Å². The molecule has 0 aliphatic carbocycles. The molecule has 0 saturated carbocycles. The molecule has 0 aromatic carbocycles. The topological polar surface area (TPSA) is 93.3 Å². The van der Waals surface area contributed by atoms with Crippen molar-refractivity contribution in [2.45, 2.75) is 45.3 Å². The van der Waals surface area contributed by atoms with Gasteiger partial charge in [0.2, 0.25) is 5.95 Å². The summed E-state index contributed by atoms with van der Waals surface area (Å²) in [6.07, 6.45) is 3.88. The molecule has 1 aromatic heterocycles. The predicted molar refractivity (Wildman–Crippen MR) is 73.8 cm³/mol. The summed E-state index contributed by atoms with van der Waals surface area (Å²) in [6.45, 7) is 3.38. The lowest BCUT2D eigenvalue weighted by Gasteiger charge is -2.22. The van der Waals surface area contributed by atoms with Gasteiger partial charge in [0.05, 0.1) is 31.6 Å². The highest BCUT2D eigenvalue weighted by Crippen LogP contribution is 2.24. The van der Waals surface area contributed by atoms with Gasteiger partial charge in [0.1, 0.15) is 5.82 Å². The molecule has 0 spiro atoms. The van der Waals surface area contributed by atoms with E-state index in [9.17, 15) is 5.11 Å². The molecule has 1 unspecified atom stereocenters. The lowest BCUT2D eigenvalue weighted by Crippen LogP contribution is -2.27. The summed E-state index contributed by atoms with van der Waals surface area (Å²) in [7, 11) is 0. The lowest BCUT2D eigenvalue weighted by atomic mass is 10.1. The second kappa shape index (κ2) is 6.68. The largest absolute Gasteiger partial charge is 0.394 e. The van der Waals surface area contributed by atoms with E-state index in [0.29, 0.717) is 13.2 Å². The summed E-state index contributed by atoms with van der Waals surface area (Å²) < 4.78 is 5.38. The Morgan fingerprint density at radius 3 is 3.05 bits per heavy atom. The zero-order valence-electron chi connectivity index (χ0n) is 11.4. The summed E-state index contributed by atoms with van der Waals surface area (Å²) in [5, 5.41) is 12.7. The number of aliphatic hydroxyl groups is 1. The molecule has 19 heavy (non-hydrogen) atoms. The Labute approximate surface area is 113 Å². The van der Waals surface area contributed by atoms with Crippen LogP contribution in [0.5, 0.6) is 0 Å². The summed E-state index contributed by atoms with van der Waals surface area (Å²) in [5.74, 6) is 1.000. The van der Waals surface area contributed by atoms with Gasteiger partial charge >= 0.3 is 0 Å². The molecule has 106 valence electrons. The molecule has 0 amide bonds. The molecule has 6 heteroatoms. The predicted octanol–water partition coefficient (Wildman–Crippen LogP) is 1.09. The number of nitrogens with zero attached hydrogens (tertiary/aromatic N) is 2. The number of nitrogen functional groups attached to an aromatic ring is 1. The first-order valence-electron chi connectivity index (χ1n) is 6.85. The van der Waals surface area contributed by atoms with Crippen molar-refractivity contribution < 1.29 is 9.84 Å². The van der Waals surface area contributed by atoms with Crippen LogP contribution < -0.4 is 11.1 Å². The van der Waals surface area contributed by atoms with Crippen LogP contribution in [0.1, 0.15) is 37.4 Å². The van der Waals surface area contributed by atoms with Crippen LogP contribution >= 0.6 is 0 Å². The van der Waals surface area contributed by atoms with E-state index in [4.69, 9.17) is 10.5 Å². The Hall–Kier alpha value is -1.40. The molecular weight excluding hydrogens is 244 g/mol. The Morgan fingerprint density at radius 1 is 1.47 bits per heavy atom. The molecule has 1 aromatic rings. The Morgan fingerprint density at radius 2 is 2.32 bits per heavy atom. The maximum atomic E-state index is 9.43. The van der Waals surface area contributed by atoms with Crippen molar-refractivity contribution in [1.82, 2.24) is 9.97 Å². The molecule has 4 N–H and O–H groups in total. The quantitative estimate of drug-likeness (QED) is 0.714. The van der Waals surface area contributed by atoms with E-state index in [-0.39, 0.29) is 18.6 Å². The van der Waals surface area contributed by atoms with Crippen LogP contribution in [-0.2, 0) is 17.8 Å². The summed E-state index contributed by atoms with van der Waals surface area (Å²) in [6, 6.07) is 0.0150. The number of nitrogens with two attached hydrogens (primary N) is 1. The van der Waals surface area contributed by atoms with Crippen LogP contribution in [0.4, 0.5) is 11.8 Å². The van der Waals surface area contributed by atoms with Crippen molar-refractivity contribution in [3.05, 3.63) is 11.3 Å². The fraction of sp³-hybridized carbons (Fsp3) is 0.692. The number of aliphatic hydroxyl groups excluding tert-OH is 1. The first kappa shape index (κ1) is 14.0. The third kappa shape index (κ3) is 3.54. The number of fused-ring (bicyclic) bond motifs is 1. The number of unbranched alkanes of at least 4 members (excludes halogenated alkanes) is 1. The van der Waals surface area contributed by atoms with Crippen LogP contribution in [0.25, 0.3) is 0 Å². The molecule has 2 rings (SSSR count). The number of rotatable bonds is 6. The molecule has 0 saturated heterocycles. The third-order valence-electron chi connectivity index (χ3n) is 3.31. The van der Waals surface area contributed by atoms with E-state index in [1.54, 1.807) is 0 Å². The second-order valence-corrected chi connectivity index (χ2v) is 4.82. The smallest absolute Gasteiger partial charge is 0.222 e. The summed E-state index contributed by atoms with van der Waals surface area (Å²) in [4.78, 5) is 8.48. The van der Waals surface area contributed by atoms with Crippen LogP contribution in [0, 0.1) is 0 Å². The first-order chi connectivity index (χ1) is 9.24. The maximum absolute atomic E-state index is 9.43. The van der Waals surface area contributed by atoms with Crippen LogP contribution in [0.15, 0.2) is 0 Å². The second-order valence-electron chi connectivity index (χ2n) is 4.82. The minimum atomic E-state index is 0.0150. The molecule has 6 nitrogen and oxygen atoms in total. The highest BCUT2D eigenvalue weighted by Gasteiger charge is 2.19. The van der Waals surface area contributed by atoms with Gasteiger partial charge in [-0.3, -0.25) is 0 Å². The summed E-state index contributed by atoms with van der Waals surface area (Å²) in [5.41, 5.74) is 7.64. The van der Waals surface area contributed by atoms with Crippen molar-refractivity contribution in [3.8, 4) is 0 Å². The number of aromatic nitrogens is 2. The van der Waals surface area contributed by atoms with Gasteiger partial charge in [-0.1, -0.05) is 19.8 Å². The molecule has 0 fully saturated rings. The average Bonchev–Trinajstić information content (AvgIpc) is 2.43. The Bertz CT molecular complexity index is 425. The number of nitrogens with one attached hydrogen (secondary N) is 1. The standard InChI is InChI=1S/C13H22N4O2/c1-2-3-4-9(7-18)15-12-10-5-6-19-8-11(10)16-13(14)17-12/h9,18H,2-8H2,1H3,(H3,14,15,16,17). The van der Waals surface area contributed by atoms with Gasteiger partial charge in [-0.15, -0.1) is 0 Å². The zero-order chi connectivity index (χ0) is 13.7. The normalized spacial score (nSPS) is 15.9. The highest BCUT2D eigenvalue weighted by atomic mass is 16.5. The van der Waals surface area contributed by atoms with E-state index in [1.165, 1.54) is 0 Å². The molecule has 1 aliphatic rings. The minimum absolute atomic E-state index is 0.0150. The van der Waals surface area contributed by atoms with E-state index >= 15 is 0 Å². The fourth-order valence-corrected chi connectivity index (χ4v) is 2.25. The summed E-state index contributed by atoms with van der Waals surface area (Å²) >= 11 is 0. The van der Waals surface area contributed by atoms with Gasteiger partial charge in [-0.25, -0.2) is 4.98 Å². The van der Waals surface area contributed by atoms with Gasteiger partial charge in [0, 0.05) is 12.0 Å². The zero-order valence-corrected chi connectivity index (χ0v) is 11.4. The Kier molecular flexibility index (Phi) is 4.93. The van der Waals surface area contributed by atoms with Gasteiger partial charge in [-0.2, -0.15) is 4.98 Å². The van der Waals surface area contributed by atoms with E-state index in [2.05, 4.69) is 22.2 Å². The van der Waals surface area contributed by atoms with E-state index in [1.807, 2.05) is 0 Å². The van der Waals surface area contributed by atoms with Gasteiger partial charge < -0.3 is 20.9 Å². The number of ether oxygens (including phenoxy) is 1. The van der Waals surface area contributed by atoms with Crippen molar-refractivity contribution >= 4 is 11.8 Å². The third-order valence-corrected chi connectivity index (χ3v) is 3.31. The van der Waals surface area contributed by atoms with Gasteiger partial charge in [0.15, 0.2) is 0 Å². The van der Waals surface area contributed by atoms with Crippen LogP contribution in [0.3, 0.4) is 0 Å². The molecule has 0 radical (unpaired) electrons. The molecular formula is C13H22N4O2. The fourth-order valence-electron chi connectivity index (χ4n) is 2.25. The average molecular weight is 266 g/mol.